The Morgan fingerprint density at radius 3 is 2.35 bits per heavy atom. The number of rotatable bonds is 5. The molecule has 0 saturated carbocycles. The molecule has 0 atom stereocenters. The molecule has 3 aromatic carbocycles. The molecule has 0 aromatic heterocycles. The van der Waals surface area contributed by atoms with Gasteiger partial charge in [0.1, 0.15) is 0 Å². The molecular formula is C20H24BNO. The van der Waals surface area contributed by atoms with E-state index in [1.807, 2.05) is 0 Å². The van der Waals surface area contributed by atoms with E-state index in [0.717, 1.165) is 5.46 Å². The van der Waals surface area contributed by atoms with Crippen molar-refractivity contribution >= 4 is 28.6 Å². The average molecular weight is 305 g/mol. The molecule has 0 bridgehead atoms. The highest BCUT2D eigenvalue weighted by atomic mass is 16.4. The van der Waals surface area contributed by atoms with E-state index in [9.17, 15) is 0 Å². The summed E-state index contributed by atoms with van der Waals surface area (Å²) in [6.45, 7) is 3.07. The van der Waals surface area contributed by atoms with Crippen LogP contribution in [0.4, 0.5) is 0 Å². The molecule has 0 saturated heterocycles. The smallest absolute Gasteiger partial charge is 0.362 e. The fourth-order valence-electron chi connectivity index (χ4n) is 2.77. The van der Waals surface area contributed by atoms with Crippen LogP contribution in [-0.4, -0.2) is 20.1 Å². The molecule has 0 fully saturated rings. The van der Waals surface area contributed by atoms with E-state index in [-0.39, 0.29) is 14.3 Å². The summed E-state index contributed by atoms with van der Waals surface area (Å²) in [6.07, 6.45) is 0. The molecule has 118 valence electrons. The summed E-state index contributed by atoms with van der Waals surface area (Å²) in [5.41, 5.74) is 9.25. The molecule has 0 aliphatic rings. The standard InChI is InChI=1S/C19H20BNO.CH4/c1-15-9-11-17(12-10-15)20(22-14-13-21)19-8-4-6-16-5-2-3-7-18(16)19;/h2-12H,13-14,21H2,1H3;1H4. The summed E-state index contributed by atoms with van der Waals surface area (Å²) in [5, 5.41) is 2.46. The molecular weight excluding hydrogens is 281 g/mol. The molecule has 3 aromatic rings. The van der Waals surface area contributed by atoms with Gasteiger partial charge in [-0.05, 0) is 28.6 Å². The minimum atomic E-state index is -0.0877. The number of benzene rings is 3. The second-order valence-corrected chi connectivity index (χ2v) is 5.52. The van der Waals surface area contributed by atoms with E-state index >= 15 is 0 Å². The zero-order valence-electron chi connectivity index (χ0n) is 12.8. The predicted octanol–water partition coefficient (Wildman–Crippen LogP) is 2.87. The highest BCUT2D eigenvalue weighted by molar-refractivity contribution is 6.81. The lowest BCUT2D eigenvalue weighted by molar-refractivity contribution is 0.345. The molecule has 0 heterocycles. The van der Waals surface area contributed by atoms with E-state index in [1.165, 1.54) is 21.8 Å². The molecule has 0 radical (unpaired) electrons. The number of hydrogen-bond donors (Lipinski definition) is 1. The van der Waals surface area contributed by atoms with Crippen LogP contribution in [-0.2, 0) is 4.65 Å². The third-order valence-electron chi connectivity index (χ3n) is 3.89. The minimum Gasteiger partial charge on any atom is -0.426 e. The third kappa shape index (κ3) is 3.81. The Bertz CT molecular complexity index is 750. The molecule has 0 spiro atoms. The van der Waals surface area contributed by atoms with Gasteiger partial charge in [0.15, 0.2) is 0 Å². The highest BCUT2D eigenvalue weighted by Crippen LogP contribution is 2.12. The predicted molar refractivity (Wildman–Crippen MR) is 102 cm³/mol. The van der Waals surface area contributed by atoms with Crippen LogP contribution in [0.2, 0.25) is 0 Å². The van der Waals surface area contributed by atoms with Crippen molar-refractivity contribution in [2.24, 2.45) is 5.73 Å². The quantitative estimate of drug-likeness (QED) is 0.736. The Morgan fingerprint density at radius 1 is 0.913 bits per heavy atom. The molecule has 3 rings (SSSR count). The van der Waals surface area contributed by atoms with E-state index in [2.05, 4.69) is 73.7 Å². The van der Waals surface area contributed by atoms with Crippen molar-refractivity contribution < 1.29 is 4.65 Å². The van der Waals surface area contributed by atoms with Gasteiger partial charge in [-0.3, -0.25) is 0 Å². The number of aryl methyl sites for hydroxylation is 1. The molecule has 0 amide bonds. The van der Waals surface area contributed by atoms with Crippen LogP contribution in [0.1, 0.15) is 13.0 Å². The van der Waals surface area contributed by atoms with Crippen LogP contribution in [0.15, 0.2) is 66.7 Å². The summed E-state index contributed by atoms with van der Waals surface area (Å²) < 4.78 is 6.09. The first-order chi connectivity index (χ1) is 10.8. The van der Waals surface area contributed by atoms with Gasteiger partial charge in [0.05, 0.1) is 0 Å². The summed E-state index contributed by atoms with van der Waals surface area (Å²) >= 11 is 0. The molecule has 0 aliphatic heterocycles. The number of hydrogen-bond acceptors (Lipinski definition) is 2. The normalized spacial score (nSPS) is 10.3. The molecule has 0 aliphatic carbocycles. The second-order valence-electron chi connectivity index (χ2n) is 5.52. The lowest BCUT2D eigenvalue weighted by Crippen LogP contribution is -2.46. The van der Waals surface area contributed by atoms with Crippen molar-refractivity contribution in [2.75, 3.05) is 13.2 Å². The largest absolute Gasteiger partial charge is 0.426 e. The van der Waals surface area contributed by atoms with Crippen molar-refractivity contribution in [1.82, 2.24) is 0 Å². The first-order valence-electron chi connectivity index (χ1n) is 7.65. The van der Waals surface area contributed by atoms with Crippen LogP contribution >= 0.6 is 0 Å². The second kappa shape index (κ2) is 7.95. The topological polar surface area (TPSA) is 35.2 Å². The van der Waals surface area contributed by atoms with Gasteiger partial charge < -0.3 is 10.4 Å². The molecule has 0 unspecified atom stereocenters. The maximum atomic E-state index is 6.09. The Kier molecular flexibility index (Phi) is 5.97. The van der Waals surface area contributed by atoms with Gasteiger partial charge in [-0.25, -0.2) is 0 Å². The monoisotopic (exact) mass is 305 g/mol. The van der Waals surface area contributed by atoms with E-state index < -0.39 is 0 Å². The fourth-order valence-corrected chi connectivity index (χ4v) is 2.77. The Morgan fingerprint density at radius 2 is 1.61 bits per heavy atom. The molecule has 2 N–H and O–H groups in total. The first kappa shape index (κ1) is 17.3. The third-order valence-corrected chi connectivity index (χ3v) is 3.89. The SMILES string of the molecule is C.Cc1ccc(B(OCCN)c2cccc3ccccc23)cc1. The number of nitrogens with two attached hydrogens (primary N) is 1. The van der Waals surface area contributed by atoms with Gasteiger partial charge in [-0.2, -0.15) is 0 Å². The lowest BCUT2D eigenvalue weighted by Gasteiger charge is -2.17. The van der Waals surface area contributed by atoms with Crippen LogP contribution < -0.4 is 16.7 Å². The van der Waals surface area contributed by atoms with Gasteiger partial charge in [-0.15, -0.1) is 0 Å². The summed E-state index contributed by atoms with van der Waals surface area (Å²) in [5.74, 6) is 0. The summed E-state index contributed by atoms with van der Waals surface area (Å²) in [6, 6.07) is 23.3. The number of fused-ring (bicyclic) bond motifs is 1. The maximum absolute atomic E-state index is 6.09. The van der Waals surface area contributed by atoms with E-state index in [4.69, 9.17) is 10.4 Å². The Hall–Kier alpha value is -2.10. The van der Waals surface area contributed by atoms with Crippen LogP contribution in [0.5, 0.6) is 0 Å². The zero-order valence-corrected chi connectivity index (χ0v) is 12.8. The molecule has 3 heteroatoms. The van der Waals surface area contributed by atoms with Crippen molar-refractivity contribution in [3.63, 3.8) is 0 Å². The summed E-state index contributed by atoms with van der Waals surface area (Å²) in [7, 11) is 0. The van der Waals surface area contributed by atoms with Gasteiger partial charge in [0, 0.05) is 13.2 Å². The fraction of sp³-hybridized carbons (Fsp3) is 0.200. The highest BCUT2D eigenvalue weighted by Gasteiger charge is 2.23. The Balaban J connectivity index is 0.00000192. The zero-order chi connectivity index (χ0) is 15.4. The van der Waals surface area contributed by atoms with E-state index in [0.29, 0.717) is 13.2 Å². The first-order valence-corrected chi connectivity index (χ1v) is 7.65. The average Bonchev–Trinajstić information content (AvgIpc) is 2.57. The molecule has 23 heavy (non-hydrogen) atoms. The minimum absolute atomic E-state index is 0. The summed E-state index contributed by atoms with van der Waals surface area (Å²) in [4.78, 5) is 0. The Labute approximate surface area is 139 Å². The molecule has 2 nitrogen and oxygen atoms in total. The maximum Gasteiger partial charge on any atom is 0.362 e. The van der Waals surface area contributed by atoms with E-state index in [1.54, 1.807) is 0 Å². The van der Waals surface area contributed by atoms with Crippen LogP contribution in [0.3, 0.4) is 0 Å². The van der Waals surface area contributed by atoms with Gasteiger partial charge in [0.2, 0.25) is 0 Å². The lowest BCUT2D eigenvalue weighted by atomic mass is 9.54. The van der Waals surface area contributed by atoms with Gasteiger partial charge in [0.25, 0.3) is 0 Å². The van der Waals surface area contributed by atoms with Crippen molar-refractivity contribution in [3.8, 4) is 0 Å². The van der Waals surface area contributed by atoms with Gasteiger partial charge in [-0.1, -0.05) is 79.7 Å². The van der Waals surface area contributed by atoms with Gasteiger partial charge >= 0.3 is 6.92 Å². The van der Waals surface area contributed by atoms with Crippen LogP contribution in [0.25, 0.3) is 10.8 Å². The van der Waals surface area contributed by atoms with Crippen LogP contribution in [0, 0.1) is 6.92 Å². The van der Waals surface area contributed by atoms with Crippen molar-refractivity contribution in [2.45, 2.75) is 14.4 Å². The van der Waals surface area contributed by atoms with Crippen molar-refractivity contribution in [1.29, 1.82) is 0 Å². The van der Waals surface area contributed by atoms with Crippen molar-refractivity contribution in [3.05, 3.63) is 72.3 Å².